The molecule has 0 radical (unpaired) electrons. The van der Waals surface area contributed by atoms with E-state index >= 15 is 0 Å². The minimum atomic E-state index is -3.58. The second-order valence-electron chi connectivity index (χ2n) is 8.29. The maximum Gasteiger partial charge on any atom is 0.374 e. The average molecular weight is 550 g/mol. The number of nitrogens with two attached hydrogens (primary N) is 1. The van der Waals surface area contributed by atoms with E-state index in [-0.39, 0.29) is 5.82 Å². The number of ether oxygens (including phenoxy) is 1. The number of hydrogen-bond donors (Lipinski definition) is 2. The number of halogens is 3. The topological polar surface area (TPSA) is 79.0 Å². The zero-order chi connectivity index (χ0) is 25.4. The van der Waals surface area contributed by atoms with Crippen molar-refractivity contribution >= 4 is 41.2 Å². The molecule has 1 aromatic carbocycles. The van der Waals surface area contributed by atoms with Gasteiger partial charge in [-0.15, -0.1) is 23.1 Å². The van der Waals surface area contributed by atoms with Crippen molar-refractivity contribution in [2.24, 2.45) is 5.73 Å². The first-order chi connectivity index (χ1) is 16.7. The van der Waals surface area contributed by atoms with Crippen LogP contribution in [0.2, 0.25) is 0 Å². The molecule has 1 aromatic heterocycles. The van der Waals surface area contributed by atoms with Gasteiger partial charge in [-0.25, -0.2) is 17.8 Å². The fraction of sp³-hybridized carbons (Fsp3) is 0.522. The molecule has 2 saturated heterocycles. The fourth-order valence-electron chi connectivity index (χ4n) is 3.61. The number of morpholine rings is 1. The first-order valence-corrected chi connectivity index (χ1v) is 13.7. The molecule has 6 nitrogen and oxygen atoms in total. The Bertz CT molecular complexity index is 937. The van der Waals surface area contributed by atoms with Crippen molar-refractivity contribution in [3.8, 4) is 0 Å². The third kappa shape index (κ3) is 8.96. The summed E-state index contributed by atoms with van der Waals surface area (Å²) < 4.78 is 47.6. The minimum absolute atomic E-state index is 0.165. The van der Waals surface area contributed by atoms with E-state index < -0.39 is 11.9 Å². The summed E-state index contributed by atoms with van der Waals surface area (Å²) in [5, 5.41) is 7.50. The number of carboxylic acids is 1. The highest BCUT2D eigenvalue weighted by molar-refractivity contribution is 8.01. The van der Waals surface area contributed by atoms with Crippen LogP contribution >= 0.6 is 35.2 Å². The van der Waals surface area contributed by atoms with Crippen LogP contribution in [0, 0.1) is 5.82 Å². The molecule has 3 heterocycles. The van der Waals surface area contributed by atoms with Gasteiger partial charge in [0.05, 0.1) is 17.4 Å². The van der Waals surface area contributed by atoms with E-state index in [9.17, 15) is 18.0 Å². The number of nitrogens with zero attached hydrogens (tertiary/aromatic N) is 2. The molecule has 2 atom stereocenters. The summed E-state index contributed by atoms with van der Waals surface area (Å²) in [6, 6.07) is 11.8. The number of rotatable bonds is 8. The Hall–Kier alpha value is -1.28. The van der Waals surface area contributed by atoms with Crippen LogP contribution in [0.15, 0.2) is 40.6 Å². The Labute approximate surface area is 216 Å². The molecule has 0 spiro atoms. The predicted molar refractivity (Wildman–Crippen MR) is 135 cm³/mol. The van der Waals surface area contributed by atoms with Crippen molar-refractivity contribution < 1.29 is 27.8 Å². The molecule has 0 aliphatic carbocycles. The Morgan fingerprint density at radius 1 is 1.23 bits per heavy atom. The largest absolute Gasteiger partial charge is 0.477 e. The third-order valence-corrected chi connectivity index (χ3v) is 9.26. The number of carboxylic acid groups (broad SMARTS) is 1. The van der Waals surface area contributed by atoms with E-state index in [1.807, 2.05) is 36.0 Å². The molecule has 0 saturated carbocycles. The molecule has 35 heavy (non-hydrogen) atoms. The van der Waals surface area contributed by atoms with E-state index in [0.29, 0.717) is 25.4 Å². The van der Waals surface area contributed by atoms with Crippen molar-refractivity contribution in [2.75, 3.05) is 38.6 Å². The summed E-state index contributed by atoms with van der Waals surface area (Å²) in [7, 11) is 0. The monoisotopic (exact) mass is 549 g/mol. The highest BCUT2D eigenvalue weighted by Gasteiger charge is 2.35. The van der Waals surface area contributed by atoms with Gasteiger partial charge in [-0.05, 0) is 42.2 Å². The maximum absolute atomic E-state index is 13.3. The minimum Gasteiger partial charge on any atom is -0.477 e. The molecule has 0 amide bonds. The maximum atomic E-state index is 13.3. The summed E-state index contributed by atoms with van der Waals surface area (Å²) in [4.78, 5) is 10.5. The lowest BCUT2D eigenvalue weighted by Crippen LogP contribution is -2.36. The smallest absolute Gasteiger partial charge is 0.374 e. The molecule has 2 aliphatic heterocycles. The van der Waals surface area contributed by atoms with Crippen LogP contribution in [0.1, 0.15) is 29.7 Å². The van der Waals surface area contributed by atoms with Crippen molar-refractivity contribution in [1.82, 2.24) is 8.61 Å². The third-order valence-electron chi connectivity index (χ3n) is 5.53. The Morgan fingerprint density at radius 2 is 1.89 bits per heavy atom. The summed E-state index contributed by atoms with van der Waals surface area (Å²) in [5.74, 6) is -4.34. The Balaban J connectivity index is 0.000000429. The van der Waals surface area contributed by atoms with Crippen LogP contribution in [0.5, 0.6) is 0 Å². The molecular weight excluding hydrogens is 519 g/mol. The summed E-state index contributed by atoms with van der Waals surface area (Å²) in [5.41, 5.74) is 6.99. The number of thioether (sulfide) groups is 1. The van der Waals surface area contributed by atoms with Crippen molar-refractivity contribution in [2.45, 2.75) is 42.0 Å². The quantitative estimate of drug-likeness (QED) is 0.355. The molecule has 0 bridgehead atoms. The first-order valence-electron chi connectivity index (χ1n) is 11.2. The molecular formula is C23H30F3N3O3S3. The van der Waals surface area contributed by atoms with Gasteiger partial charge in [0.15, 0.2) is 0 Å². The second kappa shape index (κ2) is 13.3. The van der Waals surface area contributed by atoms with Gasteiger partial charge in [0.25, 0.3) is 0 Å². The second-order valence-corrected chi connectivity index (χ2v) is 11.9. The van der Waals surface area contributed by atoms with E-state index in [1.165, 1.54) is 14.6 Å². The SMILES string of the molecule is CC(F)(F)C(=O)O.NCc1ccc(SCC2CC(c3ccc(F)cc3)CN2SN2CCOCC2)s1. The van der Waals surface area contributed by atoms with Crippen molar-refractivity contribution in [1.29, 1.82) is 0 Å². The molecule has 3 N–H and O–H groups in total. The van der Waals surface area contributed by atoms with E-state index in [2.05, 4.69) is 20.7 Å². The first kappa shape index (κ1) is 28.3. The van der Waals surface area contributed by atoms with Gasteiger partial charge in [-0.3, -0.25) is 0 Å². The van der Waals surface area contributed by atoms with Gasteiger partial charge < -0.3 is 15.6 Å². The molecule has 4 rings (SSSR count). The van der Waals surface area contributed by atoms with Gasteiger partial charge >= 0.3 is 11.9 Å². The zero-order valence-electron chi connectivity index (χ0n) is 19.4. The molecule has 2 fully saturated rings. The highest BCUT2D eigenvalue weighted by Crippen LogP contribution is 2.40. The molecule has 2 unspecified atom stereocenters. The van der Waals surface area contributed by atoms with Gasteiger partial charge in [0.2, 0.25) is 0 Å². The average Bonchev–Trinajstić information content (AvgIpc) is 3.45. The van der Waals surface area contributed by atoms with Gasteiger partial charge in [0, 0.05) is 61.9 Å². The van der Waals surface area contributed by atoms with Crippen LogP contribution in [0.25, 0.3) is 0 Å². The standard InChI is InChI=1S/C20H26FN3OS3.C3H4F2O2/c21-17-3-1-15(2-4-17)16-11-18(14-26-20-6-5-19(12-22)27-20)24(13-16)28-23-7-9-25-10-8-23;1-3(4,5)2(6)7/h1-6,16,18H,7-14,22H2;1H3,(H,6,7). The molecule has 12 heteroatoms. The van der Waals surface area contributed by atoms with E-state index in [4.69, 9.17) is 15.6 Å². The fourth-order valence-corrected chi connectivity index (χ4v) is 7.07. The number of carbonyl (C=O) groups is 1. The molecule has 2 aliphatic rings. The Kier molecular flexibility index (Phi) is 10.8. The van der Waals surface area contributed by atoms with Crippen molar-refractivity contribution in [3.63, 3.8) is 0 Å². The normalized spacial score (nSPS) is 21.5. The lowest BCUT2D eigenvalue weighted by molar-refractivity contribution is -0.161. The van der Waals surface area contributed by atoms with Crippen LogP contribution in [0.3, 0.4) is 0 Å². The van der Waals surface area contributed by atoms with Crippen LogP contribution < -0.4 is 5.73 Å². The highest BCUT2D eigenvalue weighted by atomic mass is 32.2. The van der Waals surface area contributed by atoms with Crippen molar-refractivity contribution in [3.05, 3.63) is 52.7 Å². The van der Waals surface area contributed by atoms with E-state index in [1.54, 1.807) is 23.5 Å². The zero-order valence-corrected chi connectivity index (χ0v) is 21.8. The summed E-state index contributed by atoms with van der Waals surface area (Å²) in [6.07, 6.45) is 1.10. The van der Waals surface area contributed by atoms with Crippen LogP contribution in [-0.2, 0) is 16.1 Å². The van der Waals surface area contributed by atoms with Crippen LogP contribution in [-0.4, -0.2) is 70.3 Å². The Morgan fingerprint density at radius 3 is 2.46 bits per heavy atom. The number of thiophene rings is 1. The summed E-state index contributed by atoms with van der Waals surface area (Å²) in [6.45, 7) is 5.48. The number of alkyl halides is 2. The lowest BCUT2D eigenvalue weighted by atomic mass is 9.97. The van der Waals surface area contributed by atoms with Gasteiger partial charge in [-0.1, -0.05) is 12.1 Å². The van der Waals surface area contributed by atoms with Crippen LogP contribution in [0.4, 0.5) is 13.2 Å². The van der Waals surface area contributed by atoms with Gasteiger partial charge in [0.1, 0.15) is 5.82 Å². The number of aliphatic carboxylic acids is 1. The van der Waals surface area contributed by atoms with E-state index in [0.717, 1.165) is 45.0 Å². The summed E-state index contributed by atoms with van der Waals surface area (Å²) >= 11 is 5.59. The molecule has 2 aromatic rings. The number of benzene rings is 1. The lowest BCUT2D eigenvalue weighted by Gasteiger charge is -2.31. The number of hydrogen-bond acceptors (Lipinski definition) is 8. The predicted octanol–water partition coefficient (Wildman–Crippen LogP) is 4.92. The molecule has 194 valence electrons. The van der Waals surface area contributed by atoms with Gasteiger partial charge in [-0.2, -0.15) is 8.78 Å².